The van der Waals surface area contributed by atoms with Crippen molar-refractivity contribution in [1.82, 2.24) is 4.98 Å². The van der Waals surface area contributed by atoms with Crippen molar-refractivity contribution in [3.05, 3.63) is 40.7 Å². The number of pyridine rings is 1. The van der Waals surface area contributed by atoms with E-state index < -0.39 is 0 Å². The van der Waals surface area contributed by atoms with Crippen LogP contribution in [0.1, 0.15) is 11.8 Å². The molecule has 2 rings (SSSR count). The molecule has 3 nitrogen and oxygen atoms in total. The molecule has 2 heterocycles. The molecule has 1 atom stereocenters. The summed E-state index contributed by atoms with van der Waals surface area (Å²) in [6, 6.07) is 8.41. The number of anilines is 2. The van der Waals surface area contributed by atoms with Gasteiger partial charge in [0.1, 0.15) is 5.82 Å². The highest BCUT2D eigenvalue weighted by molar-refractivity contribution is 7.09. The van der Waals surface area contributed by atoms with Crippen LogP contribution in [-0.2, 0) is 6.42 Å². The summed E-state index contributed by atoms with van der Waals surface area (Å²) in [5.41, 5.74) is 6.68. The van der Waals surface area contributed by atoms with Crippen LogP contribution in [-0.4, -0.2) is 11.0 Å². The summed E-state index contributed by atoms with van der Waals surface area (Å²) in [4.78, 5) is 5.42. The van der Waals surface area contributed by atoms with Gasteiger partial charge >= 0.3 is 0 Å². The number of hydrogen-bond acceptors (Lipinski definition) is 4. The van der Waals surface area contributed by atoms with Crippen LogP contribution in [0.3, 0.4) is 0 Å². The average Bonchev–Trinajstić information content (AvgIpc) is 2.74. The van der Waals surface area contributed by atoms with Crippen LogP contribution < -0.4 is 11.1 Å². The van der Waals surface area contributed by atoms with Crippen LogP contribution in [0, 0.1) is 0 Å². The second-order valence-electron chi connectivity index (χ2n) is 3.77. The first kappa shape index (κ1) is 11.0. The zero-order chi connectivity index (χ0) is 11.4. The van der Waals surface area contributed by atoms with Crippen LogP contribution in [0.25, 0.3) is 0 Å². The Balaban J connectivity index is 1.97. The smallest absolute Gasteiger partial charge is 0.146 e. The highest BCUT2D eigenvalue weighted by Gasteiger charge is 2.06. The van der Waals surface area contributed by atoms with Gasteiger partial charge in [0.05, 0.1) is 5.69 Å². The topological polar surface area (TPSA) is 50.9 Å². The van der Waals surface area contributed by atoms with Gasteiger partial charge in [0.25, 0.3) is 0 Å². The molecular weight excluding hydrogens is 218 g/mol. The quantitative estimate of drug-likeness (QED) is 0.853. The highest BCUT2D eigenvalue weighted by atomic mass is 32.1. The molecule has 0 spiro atoms. The average molecular weight is 233 g/mol. The summed E-state index contributed by atoms with van der Waals surface area (Å²) >= 11 is 1.78. The first-order valence-corrected chi connectivity index (χ1v) is 6.13. The van der Waals surface area contributed by atoms with Gasteiger partial charge in [-0.25, -0.2) is 4.98 Å². The van der Waals surface area contributed by atoms with Crippen LogP contribution in [0.2, 0.25) is 0 Å². The van der Waals surface area contributed by atoms with Gasteiger partial charge in [0, 0.05) is 23.5 Å². The lowest BCUT2D eigenvalue weighted by Crippen LogP contribution is -2.18. The molecule has 0 amide bonds. The zero-order valence-corrected chi connectivity index (χ0v) is 10.00. The number of rotatable bonds is 4. The predicted octanol–water partition coefficient (Wildman–Crippen LogP) is 2.77. The Morgan fingerprint density at radius 3 is 3.00 bits per heavy atom. The van der Waals surface area contributed by atoms with Crippen molar-refractivity contribution in [2.45, 2.75) is 19.4 Å². The number of nitrogens with zero attached hydrogens (tertiary/aromatic N) is 1. The van der Waals surface area contributed by atoms with Crippen molar-refractivity contribution in [1.29, 1.82) is 0 Å². The monoisotopic (exact) mass is 233 g/mol. The van der Waals surface area contributed by atoms with Crippen molar-refractivity contribution < 1.29 is 0 Å². The summed E-state index contributed by atoms with van der Waals surface area (Å²) in [6.45, 7) is 2.14. The molecule has 0 saturated heterocycles. The molecule has 0 aliphatic rings. The second kappa shape index (κ2) is 4.99. The first-order chi connectivity index (χ1) is 7.75. The number of aromatic nitrogens is 1. The molecule has 84 valence electrons. The summed E-state index contributed by atoms with van der Waals surface area (Å²) in [5, 5.41) is 5.47. The Labute approximate surface area is 99.3 Å². The summed E-state index contributed by atoms with van der Waals surface area (Å²) in [5.74, 6) is 0.556. The fourth-order valence-corrected chi connectivity index (χ4v) is 2.42. The number of nitrogens with two attached hydrogens (primary N) is 1. The zero-order valence-electron chi connectivity index (χ0n) is 9.18. The summed E-state index contributed by atoms with van der Waals surface area (Å²) < 4.78 is 0. The van der Waals surface area contributed by atoms with Gasteiger partial charge in [-0.15, -0.1) is 11.3 Å². The van der Waals surface area contributed by atoms with Crippen LogP contribution in [0.4, 0.5) is 11.5 Å². The molecule has 2 aromatic rings. The Morgan fingerprint density at radius 1 is 1.44 bits per heavy atom. The molecule has 0 fully saturated rings. The third kappa shape index (κ3) is 2.73. The molecule has 1 unspecified atom stereocenters. The molecule has 0 saturated carbocycles. The molecular formula is C12H15N3S. The highest BCUT2D eigenvalue weighted by Crippen LogP contribution is 2.17. The lowest BCUT2D eigenvalue weighted by molar-refractivity contribution is 0.800. The van der Waals surface area contributed by atoms with Gasteiger partial charge < -0.3 is 11.1 Å². The normalized spacial score (nSPS) is 12.3. The van der Waals surface area contributed by atoms with E-state index in [0.717, 1.165) is 12.1 Å². The molecule has 0 aliphatic heterocycles. The van der Waals surface area contributed by atoms with Gasteiger partial charge in [-0.1, -0.05) is 6.07 Å². The van der Waals surface area contributed by atoms with Crippen molar-refractivity contribution in [3.8, 4) is 0 Å². The van der Waals surface area contributed by atoms with E-state index in [-0.39, 0.29) is 0 Å². The van der Waals surface area contributed by atoms with Crippen LogP contribution in [0.15, 0.2) is 35.8 Å². The van der Waals surface area contributed by atoms with Crippen LogP contribution in [0.5, 0.6) is 0 Å². The number of thiophene rings is 1. The molecule has 0 bridgehead atoms. The molecule has 4 heteroatoms. The maximum absolute atomic E-state index is 5.77. The fraction of sp³-hybridized carbons (Fsp3) is 0.250. The molecule has 0 radical (unpaired) electrons. The molecule has 3 N–H and O–H groups in total. The summed E-state index contributed by atoms with van der Waals surface area (Å²) in [6.07, 6.45) is 2.70. The van der Waals surface area contributed by atoms with Gasteiger partial charge in [-0.05, 0) is 30.5 Å². The van der Waals surface area contributed by atoms with E-state index in [0.29, 0.717) is 11.9 Å². The minimum absolute atomic E-state index is 0.352. The maximum atomic E-state index is 5.77. The van der Waals surface area contributed by atoms with Gasteiger partial charge in [-0.2, -0.15) is 0 Å². The standard InChI is InChI=1S/C12H15N3S/c1-9(8-10-4-3-7-16-10)15-11-5-2-6-14-12(11)13/h2-7,9,15H,8H2,1H3,(H2,13,14). The Morgan fingerprint density at radius 2 is 2.31 bits per heavy atom. The van der Waals surface area contributed by atoms with Gasteiger partial charge in [0.2, 0.25) is 0 Å². The predicted molar refractivity (Wildman–Crippen MR) is 69.8 cm³/mol. The molecule has 16 heavy (non-hydrogen) atoms. The largest absolute Gasteiger partial charge is 0.382 e. The maximum Gasteiger partial charge on any atom is 0.146 e. The van der Waals surface area contributed by atoms with Crippen molar-refractivity contribution in [2.24, 2.45) is 0 Å². The van der Waals surface area contributed by atoms with Gasteiger partial charge in [-0.3, -0.25) is 0 Å². The fourth-order valence-electron chi connectivity index (χ4n) is 1.59. The SMILES string of the molecule is CC(Cc1cccs1)Nc1cccnc1N. The Kier molecular flexibility index (Phi) is 3.41. The minimum atomic E-state index is 0.352. The third-order valence-electron chi connectivity index (χ3n) is 2.33. The van der Waals surface area contributed by atoms with E-state index in [1.165, 1.54) is 4.88 Å². The third-order valence-corrected chi connectivity index (χ3v) is 3.23. The van der Waals surface area contributed by atoms with E-state index in [2.05, 4.69) is 34.7 Å². The van der Waals surface area contributed by atoms with Crippen LogP contribution >= 0.6 is 11.3 Å². The molecule has 0 aromatic carbocycles. The minimum Gasteiger partial charge on any atom is -0.382 e. The van der Waals surface area contributed by atoms with Gasteiger partial charge in [0.15, 0.2) is 0 Å². The Hall–Kier alpha value is -1.55. The lowest BCUT2D eigenvalue weighted by atomic mass is 10.2. The van der Waals surface area contributed by atoms with E-state index in [1.807, 2.05) is 12.1 Å². The van der Waals surface area contributed by atoms with E-state index in [1.54, 1.807) is 17.5 Å². The van der Waals surface area contributed by atoms with Crippen molar-refractivity contribution >= 4 is 22.8 Å². The Bertz CT molecular complexity index is 439. The summed E-state index contributed by atoms with van der Waals surface area (Å²) in [7, 11) is 0. The molecule has 2 aromatic heterocycles. The molecule has 0 aliphatic carbocycles. The van der Waals surface area contributed by atoms with Crippen molar-refractivity contribution in [2.75, 3.05) is 11.1 Å². The van der Waals surface area contributed by atoms with E-state index in [4.69, 9.17) is 5.73 Å². The number of nitrogen functional groups attached to an aromatic ring is 1. The van der Waals surface area contributed by atoms with Crippen molar-refractivity contribution in [3.63, 3.8) is 0 Å². The number of nitrogens with one attached hydrogen (secondary N) is 1. The van der Waals surface area contributed by atoms with E-state index >= 15 is 0 Å². The lowest BCUT2D eigenvalue weighted by Gasteiger charge is -2.15. The first-order valence-electron chi connectivity index (χ1n) is 5.25. The second-order valence-corrected chi connectivity index (χ2v) is 4.80. The van der Waals surface area contributed by atoms with E-state index in [9.17, 15) is 0 Å². The number of hydrogen-bond donors (Lipinski definition) is 2.